The van der Waals surface area contributed by atoms with Crippen LogP contribution in [0.25, 0.3) is 0 Å². The van der Waals surface area contributed by atoms with Crippen LogP contribution in [0.3, 0.4) is 0 Å². The maximum atomic E-state index is 12.9. The van der Waals surface area contributed by atoms with E-state index in [-0.39, 0.29) is 11.9 Å². The van der Waals surface area contributed by atoms with Gasteiger partial charge in [0.25, 0.3) is 0 Å². The van der Waals surface area contributed by atoms with Gasteiger partial charge in [-0.1, -0.05) is 25.0 Å². The highest BCUT2D eigenvalue weighted by molar-refractivity contribution is 7.11. The largest absolute Gasteiger partial charge is 0.387 e. The Labute approximate surface area is 140 Å². The molecule has 2 atom stereocenters. The van der Waals surface area contributed by atoms with Gasteiger partial charge in [0, 0.05) is 29.6 Å². The Morgan fingerprint density at radius 2 is 2.00 bits per heavy atom. The number of nitrogens with one attached hydrogen (secondary N) is 1. The molecule has 1 aromatic heterocycles. The highest BCUT2D eigenvalue weighted by Crippen LogP contribution is 2.36. The first-order valence-corrected chi connectivity index (χ1v) is 9.06. The van der Waals surface area contributed by atoms with Crippen molar-refractivity contribution < 1.29 is 9.50 Å². The van der Waals surface area contributed by atoms with Gasteiger partial charge in [-0.25, -0.2) is 9.37 Å². The first kappa shape index (κ1) is 16.6. The second-order valence-electron chi connectivity index (χ2n) is 6.31. The van der Waals surface area contributed by atoms with E-state index in [1.807, 2.05) is 13.1 Å². The topological polar surface area (TPSA) is 45.2 Å². The number of thiazole rings is 1. The molecular weight excluding hydrogens is 311 g/mol. The van der Waals surface area contributed by atoms with Gasteiger partial charge < -0.3 is 10.4 Å². The van der Waals surface area contributed by atoms with Crippen molar-refractivity contribution in [1.29, 1.82) is 0 Å². The van der Waals surface area contributed by atoms with E-state index in [1.165, 1.54) is 47.7 Å². The monoisotopic (exact) mass is 334 g/mol. The molecule has 0 saturated heterocycles. The Morgan fingerprint density at radius 3 is 2.70 bits per heavy atom. The molecule has 3 rings (SSSR count). The van der Waals surface area contributed by atoms with Gasteiger partial charge in [0.15, 0.2) is 0 Å². The number of aliphatic hydroxyl groups excluding tert-OH is 1. The van der Waals surface area contributed by atoms with Gasteiger partial charge in [-0.3, -0.25) is 0 Å². The summed E-state index contributed by atoms with van der Waals surface area (Å²) in [5.74, 6) is 0.363. The summed E-state index contributed by atoms with van der Waals surface area (Å²) in [5, 5.41) is 14.9. The van der Waals surface area contributed by atoms with Gasteiger partial charge in [0.2, 0.25) is 0 Å². The first-order chi connectivity index (χ1) is 11.1. The summed E-state index contributed by atoms with van der Waals surface area (Å²) in [5.41, 5.74) is 0.724. The van der Waals surface area contributed by atoms with Crippen LogP contribution < -0.4 is 5.32 Å². The standard InChI is InChI=1S/C18H23FN2OS/c1-12(17(22)13-6-8-15(19)9-7-13)20-10-16-11-21-18(23-16)14-4-2-3-5-14/h6-9,11-12,14,17,20,22H,2-5,10H2,1H3. The Kier molecular flexibility index (Phi) is 5.41. The van der Waals surface area contributed by atoms with E-state index in [1.54, 1.807) is 23.5 Å². The van der Waals surface area contributed by atoms with Crippen molar-refractivity contribution in [3.8, 4) is 0 Å². The quantitative estimate of drug-likeness (QED) is 0.834. The second-order valence-corrected chi connectivity index (χ2v) is 7.46. The summed E-state index contributed by atoms with van der Waals surface area (Å²) in [6.07, 6.45) is 6.46. The number of aliphatic hydroxyl groups is 1. The summed E-state index contributed by atoms with van der Waals surface area (Å²) in [4.78, 5) is 5.76. The molecular formula is C18H23FN2OS. The number of rotatable bonds is 6. The maximum Gasteiger partial charge on any atom is 0.123 e. The minimum absolute atomic E-state index is 0.113. The molecule has 124 valence electrons. The summed E-state index contributed by atoms with van der Waals surface area (Å²) in [7, 11) is 0. The molecule has 0 amide bonds. The molecule has 1 aromatic carbocycles. The van der Waals surface area contributed by atoms with E-state index < -0.39 is 6.10 Å². The van der Waals surface area contributed by atoms with E-state index in [4.69, 9.17) is 0 Å². The molecule has 3 nitrogen and oxygen atoms in total. The van der Waals surface area contributed by atoms with Crippen LogP contribution in [0.1, 0.15) is 60.1 Å². The highest BCUT2D eigenvalue weighted by atomic mass is 32.1. The molecule has 5 heteroatoms. The average molecular weight is 334 g/mol. The lowest BCUT2D eigenvalue weighted by atomic mass is 10.0. The third-order valence-electron chi connectivity index (χ3n) is 4.56. The van der Waals surface area contributed by atoms with Crippen LogP contribution in [0, 0.1) is 5.82 Å². The molecule has 1 fully saturated rings. The van der Waals surface area contributed by atoms with Crippen LogP contribution >= 0.6 is 11.3 Å². The van der Waals surface area contributed by atoms with Crippen molar-refractivity contribution in [2.75, 3.05) is 0 Å². The van der Waals surface area contributed by atoms with Crippen LogP contribution in [0.4, 0.5) is 4.39 Å². The molecule has 0 bridgehead atoms. The minimum atomic E-state index is -0.655. The predicted octanol–water partition coefficient (Wildman–Crippen LogP) is 4.15. The summed E-state index contributed by atoms with van der Waals surface area (Å²) in [6, 6.07) is 5.90. The van der Waals surface area contributed by atoms with E-state index >= 15 is 0 Å². The average Bonchev–Trinajstić information content (AvgIpc) is 3.23. The molecule has 23 heavy (non-hydrogen) atoms. The Morgan fingerprint density at radius 1 is 1.30 bits per heavy atom. The molecule has 1 heterocycles. The van der Waals surface area contributed by atoms with Gasteiger partial charge in [0.05, 0.1) is 11.1 Å². The SMILES string of the molecule is CC(NCc1cnc(C2CCCC2)s1)C(O)c1ccc(F)cc1. The lowest BCUT2D eigenvalue weighted by Crippen LogP contribution is -2.31. The van der Waals surface area contributed by atoms with Gasteiger partial charge in [-0.15, -0.1) is 11.3 Å². The fourth-order valence-electron chi connectivity index (χ4n) is 3.09. The van der Waals surface area contributed by atoms with Gasteiger partial charge >= 0.3 is 0 Å². The van der Waals surface area contributed by atoms with Gasteiger partial charge in [-0.05, 0) is 37.5 Å². The molecule has 0 radical (unpaired) electrons. The molecule has 0 aliphatic heterocycles. The molecule has 2 N–H and O–H groups in total. The molecule has 1 aliphatic rings. The van der Waals surface area contributed by atoms with Crippen molar-refractivity contribution in [1.82, 2.24) is 10.3 Å². The number of hydrogen-bond acceptors (Lipinski definition) is 4. The van der Waals surface area contributed by atoms with Crippen LogP contribution in [0.5, 0.6) is 0 Å². The van der Waals surface area contributed by atoms with Gasteiger partial charge in [-0.2, -0.15) is 0 Å². The number of nitrogens with zero attached hydrogens (tertiary/aromatic N) is 1. The van der Waals surface area contributed by atoms with E-state index in [0.29, 0.717) is 12.5 Å². The molecule has 1 aliphatic carbocycles. The smallest absolute Gasteiger partial charge is 0.123 e. The Hall–Kier alpha value is -1.30. The fourth-order valence-corrected chi connectivity index (χ4v) is 4.13. The Balaban J connectivity index is 1.54. The van der Waals surface area contributed by atoms with E-state index in [9.17, 15) is 9.50 Å². The molecule has 1 saturated carbocycles. The van der Waals surface area contributed by atoms with Crippen molar-refractivity contribution in [2.45, 2.75) is 57.2 Å². The number of benzene rings is 1. The van der Waals surface area contributed by atoms with Crippen LogP contribution in [-0.4, -0.2) is 16.1 Å². The van der Waals surface area contributed by atoms with Crippen molar-refractivity contribution in [3.05, 3.63) is 51.7 Å². The van der Waals surface area contributed by atoms with Crippen LogP contribution in [-0.2, 0) is 6.54 Å². The fraction of sp³-hybridized carbons (Fsp3) is 0.500. The zero-order valence-electron chi connectivity index (χ0n) is 13.3. The Bertz CT molecular complexity index is 622. The molecule has 2 unspecified atom stereocenters. The minimum Gasteiger partial charge on any atom is -0.387 e. The number of hydrogen-bond donors (Lipinski definition) is 2. The van der Waals surface area contributed by atoms with Crippen LogP contribution in [0.15, 0.2) is 30.5 Å². The maximum absolute atomic E-state index is 12.9. The number of aromatic nitrogens is 1. The van der Waals surface area contributed by atoms with E-state index in [0.717, 1.165) is 5.56 Å². The normalized spacial score (nSPS) is 18.2. The lowest BCUT2D eigenvalue weighted by molar-refractivity contribution is 0.135. The first-order valence-electron chi connectivity index (χ1n) is 8.25. The lowest BCUT2D eigenvalue weighted by Gasteiger charge is -2.20. The van der Waals surface area contributed by atoms with Crippen molar-refractivity contribution >= 4 is 11.3 Å². The summed E-state index contributed by atoms with van der Waals surface area (Å²) in [6.45, 7) is 2.64. The predicted molar refractivity (Wildman–Crippen MR) is 91.0 cm³/mol. The zero-order valence-corrected chi connectivity index (χ0v) is 14.2. The zero-order chi connectivity index (χ0) is 16.2. The highest BCUT2D eigenvalue weighted by Gasteiger charge is 2.21. The molecule has 0 spiro atoms. The van der Waals surface area contributed by atoms with Crippen molar-refractivity contribution in [3.63, 3.8) is 0 Å². The summed E-state index contributed by atoms with van der Waals surface area (Å²) < 4.78 is 12.9. The third-order valence-corrected chi connectivity index (χ3v) is 5.72. The van der Waals surface area contributed by atoms with Gasteiger partial charge in [0.1, 0.15) is 5.82 Å². The second kappa shape index (κ2) is 7.51. The van der Waals surface area contributed by atoms with Crippen LogP contribution in [0.2, 0.25) is 0 Å². The third kappa shape index (κ3) is 4.16. The van der Waals surface area contributed by atoms with E-state index in [2.05, 4.69) is 10.3 Å². The van der Waals surface area contributed by atoms with Crippen molar-refractivity contribution in [2.24, 2.45) is 0 Å². The number of halogens is 1. The molecule has 2 aromatic rings. The summed E-state index contributed by atoms with van der Waals surface area (Å²) >= 11 is 1.78.